The van der Waals surface area contributed by atoms with Crippen LogP contribution in [-0.4, -0.2) is 22.1 Å². The van der Waals surface area contributed by atoms with Crippen LogP contribution >= 0.6 is 0 Å². The highest BCUT2D eigenvalue weighted by molar-refractivity contribution is 5.87. The Hall–Kier alpha value is -1.84. The van der Waals surface area contributed by atoms with Gasteiger partial charge in [0.2, 0.25) is 0 Å². The van der Waals surface area contributed by atoms with Crippen LogP contribution in [0.15, 0.2) is 18.3 Å². The van der Waals surface area contributed by atoms with Crippen molar-refractivity contribution in [2.24, 2.45) is 0 Å². The van der Waals surface area contributed by atoms with Crippen molar-refractivity contribution in [2.45, 2.75) is 39.2 Å². The van der Waals surface area contributed by atoms with Gasteiger partial charge in [-0.2, -0.15) is 0 Å². The number of carbonyl (C=O) groups is 1. The molecule has 0 saturated heterocycles. The second kappa shape index (κ2) is 5.03. The SMILES string of the molecule is CCOC(=O)Cc1c2n(c3ncccc13)CCCC2. The fourth-order valence-corrected chi connectivity index (χ4v) is 2.94. The number of nitrogens with zero attached hydrogens (tertiary/aromatic N) is 2. The van der Waals surface area contributed by atoms with Crippen LogP contribution < -0.4 is 0 Å². The van der Waals surface area contributed by atoms with E-state index >= 15 is 0 Å². The standard InChI is InChI=1S/C15H18N2O2/c1-2-19-14(18)10-12-11-6-5-8-16-15(11)17-9-4-3-7-13(12)17/h5-6,8H,2-4,7,9-10H2,1H3. The first-order chi connectivity index (χ1) is 9.31. The lowest BCUT2D eigenvalue weighted by atomic mass is 10.0. The van der Waals surface area contributed by atoms with Crippen LogP contribution in [0.1, 0.15) is 31.0 Å². The minimum Gasteiger partial charge on any atom is -0.466 e. The van der Waals surface area contributed by atoms with E-state index in [1.165, 1.54) is 18.5 Å². The molecule has 3 rings (SSSR count). The lowest BCUT2D eigenvalue weighted by molar-refractivity contribution is -0.142. The Bertz CT molecular complexity index is 616. The highest BCUT2D eigenvalue weighted by Crippen LogP contribution is 2.29. The average Bonchev–Trinajstić information content (AvgIpc) is 2.75. The number of hydrogen-bond acceptors (Lipinski definition) is 3. The first kappa shape index (κ1) is 12.2. The number of aromatic nitrogens is 2. The predicted molar refractivity (Wildman–Crippen MR) is 73.0 cm³/mol. The van der Waals surface area contributed by atoms with E-state index in [0.717, 1.165) is 29.6 Å². The van der Waals surface area contributed by atoms with Crippen molar-refractivity contribution in [1.29, 1.82) is 0 Å². The molecule has 0 bridgehead atoms. The zero-order valence-corrected chi connectivity index (χ0v) is 11.2. The Morgan fingerprint density at radius 3 is 3.21 bits per heavy atom. The van der Waals surface area contributed by atoms with Crippen LogP contribution in [0.2, 0.25) is 0 Å². The summed E-state index contributed by atoms with van der Waals surface area (Å²) in [5.41, 5.74) is 3.39. The van der Waals surface area contributed by atoms with Crippen LogP contribution in [-0.2, 0) is 28.9 Å². The van der Waals surface area contributed by atoms with Gasteiger partial charge in [-0.05, 0) is 43.9 Å². The molecular weight excluding hydrogens is 240 g/mol. The van der Waals surface area contributed by atoms with Gasteiger partial charge in [0.1, 0.15) is 5.65 Å². The number of fused-ring (bicyclic) bond motifs is 3. The summed E-state index contributed by atoms with van der Waals surface area (Å²) in [5.74, 6) is -0.146. The van der Waals surface area contributed by atoms with Gasteiger partial charge < -0.3 is 9.30 Å². The minimum atomic E-state index is -0.146. The number of pyridine rings is 1. The summed E-state index contributed by atoms with van der Waals surface area (Å²) in [5, 5.41) is 1.10. The number of aryl methyl sites for hydroxylation is 1. The zero-order valence-electron chi connectivity index (χ0n) is 11.2. The molecule has 0 radical (unpaired) electrons. The van der Waals surface area contributed by atoms with E-state index in [4.69, 9.17) is 4.74 Å². The number of esters is 1. The van der Waals surface area contributed by atoms with Crippen LogP contribution in [0.25, 0.3) is 11.0 Å². The van der Waals surface area contributed by atoms with E-state index < -0.39 is 0 Å². The summed E-state index contributed by atoms with van der Waals surface area (Å²) in [4.78, 5) is 16.3. The minimum absolute atomic E-state index is 0.146. The maximum absolute atomic E-state index is 11.8. The molecule has 2 aromatic heterocycles. The summed E-state index contributed by atoms with van der Waals surface area (Å²) in [6.07, 6.45) is 5.58. The normalized spacial score (nSPS) is 14.4. The molecule has 1 aliphatic heterocycles. The molecule has 0 saturated carbocycles. The molecule has 0 amide bonds. The Morgan fingerprint density at radius 1 is 1.47 bits per heavy atom. The quantitative estimate of drug-likeness (QED) is 0.794. The smallest absolute Gasteiger partial charge is 0.310 e. The number of hydrogen-bond donors (Lipinski definition) is 0. The average molecular weight is 258 g/mol. The molecule has 0 N–H and O–H groups in total. The van der Waals surface area contributed by atoms with Gasteiger partial charge >= 0.3 is 5.97 Å². The second-order valence-corrected chi connectivity index (χ2v) is 4.89. The molecule has 1 aliphatic rings. The summed E-state index contributed by atoms with van der Waals surface area (Å²) in [6.45, 7) is 3.28. The molecule has 0 unspecified atom stereocenters. The number of carbonyl (C=O) groups excluding carboxylic acids is 1. The Kier molecular flexibility index (Phi) is 3.23. The molecule has 4 nitrogen and oxygen atoms in total. The Morgan fingerprint density at radius 2 is 2.37 bits per heavy atom. The second-order valence-electron chi connectivity index (χ2n) is 4.89. The highest BCUT2D eigenvalue weighted by atomic mass is 16.5. The van der Waals surface area contributed by atoms with Crippen LogP contribution in [0.4, 0.5) is 0 Å². The number of rotatable bonds is 3. The van der Waals surface area contributed by atoms with Gasteiger partial charge in [-0.3, -0.25) is 4.79 Å². The molecule has 19 heavy (non-hydrogen) atoms. The van der Waals surface area contributed by atoms with Crippen molar-refractivity contribution >= 4 is 17.0 Å². The van der Waals surface area contributed by atoms with Gasteiger partial charge in [-0.15, -0.1) is 0 Å². The molecule has 4 heteroatoms. The van der Waals surface area contributed by atoms with Gasteiger partial charge in [0.25, 0.3) is 0 Å². The van der Waals surface area contributed by atoms with Crippen molar-refractivity contribution in [3.8, 4) is 0 Å². The van der Waals surface area contributed by atoms with E-state index in [2.05, 4.69) is 15.6 Å². The molecule has 3 heterocycles. The Balaban J connectivity index is 2.09. The van der Waals surface area contributed by atoms with Crippen LogP contribution in [0.3, 0.4) is 0 Å². The third-order valence-corrected chi connectivity index (χ3v) is 3.71. The summed E-state index contributed by atoms with van der Waals surface area (Å²) >= 11 is 0. The third kappa shape index (κ3) is 2.11. The molecule has 0 fully saturated rings. The molecule has 0 spiro atoms. The first-order valence-corrected chi connectivity index (χ1v) is 6.92. The van der Waals surface area contributed by atoms with Gasteiger partial charge in [-0.25, -0.2) is 4.98 Å². The van der Waals surface area contributed by atoms with Crippen molar-refractivity contribution in [1.82, 2.24) is 9.55 Å². The maximum Gasteiger partial charge on any atom is 0.310 e. The van der Waals surface area contributed by atoms with E-state index in [1.54, 1.807) is 0 Å². The van der Waals surface area contributed by atoms with Crippen LogP contribution in [0, 0.1) is 0 Å². The zero-order chi connectivity index (χ0) is 13.2. The van der Waals surface area contributed by atoms with E-state index in [0.29, 0.717) is 13.0 Å². The molecule has 100 valence electrons. The van der Waals surface area contributed by atoms with Gasteiger partial charge in [-0.1, -0.05) is 0 Å². The van der Waals surface area contributed by atoms with Gasteiger partial charge in [0.05, 0.1) is 13.0 Å². The molecule has 2 aromatic rings. The largest absolute Gasteiger partial charge is 0.466 e. The maximum atomic E-state index is 11.8. The highest BCUT2D eigenvalue weighted by Gasteiger charge is 2.22. The number of ether oxygens (including phenoxy) is 1. The van der Waals surface area contributed by atoms with Crippen LogP contribution in [0.5, 0.6) is 0 Å². The molecular formula is C15H18N2O2. The predicted octanol–water partition coefficient (Wildman–Crippen LogP) is 2.48. The lowest BCUT2D eigenvalue weighted by Crippen LogP contribution is -2.13. The lowest BCUT2D eigenvalue weighted by Gasteiger charge is -2.16. The monoisotopic (exact) mass is 258 g/mol. The molecule has 0 aliphatic carbocycles. The van der Waals surface area contributed by atoms with E-state index in [9.17, 15) is 4.79 Å². The van der Waals surface area contributed by atoms with Crippen molar-refractivity contribution in [3.63, 3.8) is 0 Å². The summed E-state index contributed by atoms with van der Waals surface area (Å²) in [6, 6.07) is 3.99. The van der Waals surface area contributed by atoms with Crippen molar-refractivity contribution in [3.05, 3.63) is 29.6 Å². The van der Waals surface area contributed by atoms with E-state index in [1.807, 2.05) is 19.2 Å². The van der Waals surface area contributed by atoms with E-state index in [-0.39, 0.29) is 5.97 Å². The summed E-state index contributed by atoms with van der Waals surface area (Å²) in [7, 11) is 0. The summed E-state index contributed by atoms with van der Waals surface area (Å²) < 4.78 is 7.36. The van der Waals surface area contributed by atoms with Gasteiger partial charge in [0, 0.05) is 23.8 Å². The fraction of sp³-hybridized carbons (Fsp3) is 0.467. The first-order valence-electron chi connectivity index (χ1n) is 6.92. The topological polar surface area (TPSA) is 44.1 Å². The van der Waals surface area contributed by atoms with Crippen molar-refractivity contribution in [2.75, 3.05) is 6.61 Å². The fourth-order valence-electron chi connectivity index (χ4n) is 2.94. The molecule has 0 atom stereocenters. The Labute approximate surface area is 112 Å². The third-order valence-electron chi connectivity index (χ3n) is 3.71. The van der Waals surface area contributed by atoms with Crippen molar-refractivity contribution < 1.29 is 9.53 Å². The van der Waals surface area contributed by atoms with Gasteiger partial charge in [0.15, 0.2) is 0 Å². The molecule has 0 aromatic carbocycles.